The summed E-state index contributed by atoms with van der Waals surface area (Å²) in [5.41, 5.74) is 0.772. The Morgan fingerprint density at radius 2 is 2.24 bits per heavy atom. The molecule has 90 valence electrons. The lowest BCUT2D eigenvalue weighted by Crippen LogP contribution is -2.29. The van der Waals surface area contributed by atoms with Crippen molar-refractivity contribution in [1.82, 2.24) is 10.3 Å². The molecule has 0 saturated heterocycles. The second-order valence-corrected chi connectivity index (χ2v) is 4.27. The molecule has 1 aliphatic rings. The highest BCUT2D eigenvalue weighted by Gasteiger charge is 2.48. The molecule has 0 spiro atoms. The van der Waals surface area contributed by atoms with Crippen LogP contribution < -0.4 is 5.32 Å². The smallest absolute Gasteiger partial charge is 0.307 e. The topological polar surface area (TPSA) is 79.3 Å². The highest BCUT2D eigenvalue weighted by atomic mass is 16.4. The van der Waals surface area contributed by atoms with Gasteiger partial charge in [-0.15, -0.1) is 0 Å². The molecule has 2 N–H and O–H groups in total. The molecule has 5 heteroatoms. The molecule has 2 rings (SSSR count). The fourth-order valence-corrected chi connectivity index (χ4v) is 1.78. The monoisotopic (exact) mass is 234 g/mol. The van der Waals surface area contributed by atoms with Crippen LogP contribution in [0.4, 0.5) is 0 Å². The lowest BCUT2D eigenvalue weighted by atomic mass is 10.2. The van der Waals surface area contributed by atoms with Crippen LogP contribution in [0.1, 0.15) is 25.1 Å². The third-order valence-corrected chi connectivity index (χ3v) is 2.93. The Hall–Kier alpha value is -1.91. The van der Waals surface area contributed by atoms with Gasteiger partial charge in [0.15, 0.2) is 0 Å². The maximum atomic E-state index is 11.7. The van der Waals surface area contributed by atoms with Crippen LogP contribution in [0, 0.1) is 11.8 Å². The van der Waals surface area contributed by atoms with Crippen molar-refractivity contribution in [3.63, 3.8) is 0 Å². The molecular weight excluding hydrogens is 220 g/mol. The van der Waals surface area contributed by atoms with Gasteiger partial charge in [-0.05, 0) is 25.5 Å². The standard InChI is InChI=1S/C12H14N2O3/c1-7(10-4-2-3-5-13-10)14-11(15)8-6-9(8)12(16)17/h2-5,7-9H,6H2,1H3,(H,14,15)(H,16,17)/t7-,8?,9?/m1/s1. The van der Waals surface area contributed by atoms with Gasteiger partial charge in [-0.2, -0.15) is 0 Å². The third-order valence-electron chi connectivity index (χ3n) is 2.93. The van der Waals surface area contributed by atoms with Crippen LogP contribution in [0.15, 0.2) is 24.4 Å². The van der Waals surface area contributed by atoms with Gasteiger partial charge in [0.2, 0.25) is 5.91 Å². The quantitative estimate of drug-likeness (QED) is 0.813. The van der Waals surface area contributed by atoms with Gasteiger partial charge >= 0.3 is 5.97 Å². The van der Waals surface area contributed by atoms with Gasteiger partial charge in [0.05, 0.1) is 23.6 Å². The van der Waals surface area contributed by atoms with E-state index in [2.05, 4.69) is 10.3 Å². The van der Waals surface area contributed by atoms with E-state index in [9.17, 15) is 9.59 Å². The van der Waals surface area contributed by atoms with Gasteiger partial charge in [0.1, 0.15) is 0 Å². The summed E-state index contributed by atoms with van der Waals surface area (Å²) >= 11 is 0. The fraction of sp³-hybridized carbons (Fsp3) is 0.417. The summed E-state index contributed by atoms with van der Waals surface area (Å²) in [7, 11) is 0. The Morgan fingerprint density at radius 1 is 1.47 bits per heavy atom. The van der Waals surface area contributed by atoms with E-state index in [-0.39, 0.29) is 17.9 Å². The molecule has 1 aromatic heterocycles. The van der Waals surface area contributed by atoms with Crippen molar-refractivity contribution in [1.29, 1.82) is 0 Å². The number of carbonyl (C=O) groups is 2. The SMILES string of the molecule is C[C@@H](NC(=O)C1CC1C(=O)O)c1ccccn1. The highest BCUT2D eigenvalue weighted by Crippen LogP contribution is 2.39. The Bertz CT molecular complexity index is 433. The average Bonchev–Trinajstić information content (AvgIpc) is 3.10. The zero-order valence-corrected chi connectivity index (χ0v) is 9.46. The maximum Gasteiger partial charge on any atom is 0.307 e. The average molecular weight is 234 g/mol. The maximum absolute atomic E-state index is 11.7. The second kappa shape index (κ2) is 4.53. The molecule has 1 fully saturated rings. The van der Waals surface area contributed by atoms with E-state index < -0.39 is 11.9 Å². The summed E-state index contributed by atoms with van der Waals surface area (Å²) in [6.07, 6.45) is 2.10. The number of aliphatic carboxylic acids is 1. The lowest BCUT2D eigenvalue weighted by molar-refractivity contribution is -0.140. The number of aromatic nitrogens is 1. The molecule has 1 saturated carbocycles. The Morgan fingerprint density at radius 3 is 2.76 bits per heavy atom. The van der Waals surface area contributed by atoms with Crippen LogP contribution in [0.2, 0.25) is 0 Å². The van der Waals surface area contributed by atoms with Gasteiger partial charge in [-0.25, -0.2) is 0 Å². The van der Waals surface area contributed by atoms with Gasteiger partial charge in [0, 0.05) is 6.20 Å². The summed E-state index contributed by atoms with van der Waals surface area (Å²) < 4.78 is 0. The van der Waals surface area contributed by atoms with E-state index in [4.69, 9.17) is 5.11 Å². The van der Waals surface area contributed by atoms with E-state index in [0.717, 1.165) is 5.69 Å². The van der Waals surface area contributed by atoms with Gasteiger partial charge in [-0.1, -0.05) is 6.07 Å². The van der Waals surface area contributed by atoms with Crippen LogP contribution in [0.25, 0.3) is 0 Å². The van der Waals surface area contributed by atoms with Crippen LogP contribution in [0.3, 0.4) is 0 Å². The second-order valence-electron chi connectivity index (χ2n) is 4.27. The first-order chi connectivity index (χ1) is 8.09. The van der Waals surface area contributed by atoms with Gasteiger partial charge < -0.3 is 10.4 Å². The molecule has 3 atom stereocenters. The number of nitrogens with zero attached hydrogens (tertiary/aromatic N) is 1. The minimum Gasteiger partial charge on any atom is -0.481 e. The predicted molar refractivity (Wildman–Crippen MR) is 60.0 cm³/mol. The molecule has 5 nitrogen and oxygen atoms in total. The van der Waals surface area contributed by atoms with Gasteiger partial charge in [0.25, 0.3) is 0 Å². The molecule has 1 aromatic rings. The van der Waals surface area contributed by atoms with Crippen molar-refractivity contribution in [2.24, 2.45) is 11.8 Å². The zero-order chi connectivity index (χ0) is 12.4. The Labute approximate surface area is 98.9 Å². The first-order valence-electron chi connectivity index (χ1n) is 5.53. The van der Waals surface area contributed by atoms with E-state index >= 15 is 0 Å². The normalized spacial score (nSPS) is 23.8. The molecule has 1 aliphatic carbocycles. The highest BCUT2D eigenvalue weighted by molar-refractivity contribution is 5.89. The largest absolute Gasteiger partial charge is 0.481 e. The molecule has 1 amide bonds. The third kappa shape index (κ3) is 2.61. The Balaban J connectivity index is 1.90. The molecule has 0 aliphatic heterocycles. The summed E-state index contributed by atoms with van der Waals surface area (Å²) in [4.78, 5) is 26.5. The van der Waals surface area contributed by atoms with Crippen molar-refractivity contribution in [3.05, 3.63) is 30.1 Å². The summed E-state index contributed by atoms with van der Waals surface area (Å²) in [5.74, 6) is -1.98. The number of carboxylic acids is 1. The number of amides is 1. The number of nitrogens with one attached hydrogen (secondary N) is 1. The molecule has 0 radical (unpaired) electrons. The fourth-order valence-electron chi connectivity index (χ4n) is 1.78. The minimum absolute atomic E-state index is 0.196. The minimum atomic E-state index is -0.893. The van der Waals surface area contributed by atoms with Crippen molar-refractivity contribution < 1.29 is 14.7 Å². The van der Waals surface area contributed by atoms with E-state index in [1.807, 2.05) is 19.1 Å². The van der Waals surface area contributed by atoms with Crippen LogP contribution in [0.5, 0.6) is 0 Å². The molecule has 2 unspecified atom stereocenters. The number of hydrogen-bond donors (Lipinski definition) is 2. The summed E-state index contributed by atoms with van der Waals surface area (Å²) in [6.45, 7) is 1.83. The van der Waals surface area contributed by atoms with E-state index in [1.54, 1.807) is 12.3 Å². The van der Waals surface area contributed by atoms with Crippen LogP contribution >= 0.6 is 0 Å². The van der Waals surface area contributed by atoms with Crippen molar-refractivity contribution >= 4 is 11.9 Å². The zero-order valence-electron chi connectivity index (χ0n) is 9.46. The number of rotatable bonds is 4. The van der Waals surface area contributed by atoms with Crippen molar-refractivity contribution in [2.45, 2.75) is 19.4 Å². The lowest BCUT2D eigenvalue weighted by Gasteiger charge is -2.12. The molecule has 1 heterocycles. The molecule has 0 bridgehead atoms. The van der Waals surface area contributed by atoms with Crippen LogP contribution in [-0.4, -0.2) is 22.0 Å². The molecule has 17 heavy (non-hydrogen) atoms. The predicted octanol–water partition coefficient (Wildman–Crippen LogP) is 0.980. The van der Waals surface area contributed by atoms with E-state index in [0.29, 0.717) is 6.42 Å². The number of carbonyl (C=O) groups excluding carboxylic acids is 1. The molecule has 0 aromatic carbocycles. The van der Waals surface area contributed by atoms with Crippen molar-refractivity contribution in [2.75, 3.05) is 0 Å². The first kappa shape index (κ1) is 11.6. The van der Waals surface area contributed by atoms with Crippen LogP contribution in [-0.2, 0) is 9.59 Å². The number of carboxylic acid groups (broad SMARTS) is 1. The van der Waals surface area contributed by atoms with Gasteiger partial charge in [-0.3, -0.25) is 14.6 Å². The molecular formula is C12H14N2O3. The number of pyridine rings is 1. The van der Waals surface area contributed by atoms with Crippen molar-refractivity contribution in [3.8, 4) is 0 Å². The first-order valence-corrected chi connectivity index (χ1v) is 5.53. The number of hydrogen-bond acceptors (Lipinski definition) is 3. The van der Waals surface area contributed by atoms with E-state index in [1.165, 1.54) is 0 Å². The summed E-state index contributed by atoms with van der Waals surface area (Å²) in [6, 6.07) is 5.28. The summed E-state index contributed by atoms with van der Waals surface area (Å²) in [5, 5.41) is 11.5. The Kier molecular flexibility index (Phi) is 3.08.